The van der Waals surface area contributed by atoms with Crippen LogP contribution in [0.5, 0.6) is 0 Å². The van der Waals surface area contributed by atoms with Gasteiger partial charge < -0.3 is 4.74 Å². The third-order valence-corrected chi connectivity index (χ3v) is 2.16. The summed E-state index contributed by atoms with van der Waals surface area (Å²) in [5.41, 5.74) is 1.15. The van der Waals surface area contributed by atoms with Crippen LogP contribution < -0.4 is 0 Å². The van der Waals surface area contributed by atoms with Crippen LogP contribution >= 0.6 is 15.9 Å². The molecule has 0 saturated heterocycles. The predicted octanol–water partition coefficient (Wildman–Crippen LogP) is 5.04. The van der Waals surface area contributed by atoms with E-state index in [-0.39, 0.29) is 0 Å². The average molecular weight is 283 g/mol. The van der Waals surface area contributed by atoms with E-state index in [1.165, 1.54) is 0 Å². The quantitative estimate of drug-likeness (QED) is 0.555. The average Bonchev–Trinajstić information content (AvgIpc) is 2.33. The Bertz CT molecular complexity index is 328. The minimum Gasteiger partial charge on any atom is -0.488 e. The number of rotatable bonds is 4. The molecule has 2 heteroatoms. The van der Waals surface area contributed by atoms with Crippen LogP contribution in [0.1, 0.15) is 26.3 Å². The van der Waals surface area contributed by atoms with Gasteiger partial charge in [-0.1, -0.05) is 50.8 Å². The van der Waals surface area contributed by atoms with Crippen molar-refractivity contribution in [3.63, 3.8) is 0 Å². The molecule has 0 radical (unpaired) electrons. The van der Waals surface area contributed by atoms with Crippen LogP contribution in [-0.2, 0) is 11.3 Å². The summed E-state index contributed by atoms with van der Waals surface area (Å²) < 4.78 is 6.33. The molecule has 0 aliphatic rings. The van der Waals surface area contributed by atoms with Gasteiger partial charge in [0.1, 0.15) is 12.4 Å². The molecule has 0 fully saturated rings. The Morgan fingerprint density at radius 1 is 1.31 bits per heavy atom. The first-order valence-corrected chi connectivity index (χ1v) is 6.21. The smallest absolute Gasteiger partial charge is 0.129 e. The van der Waals surface area contributed by atoms with E-state index in [0.29, 0.717) is 6.61 Å². The Labute approximate surface area is 107 Å². The monoisotopic (exact) mass is 282 g/mol. The SMILES string of the molecule is C=C(Br)/C(=C\C)OCc1ccccc1.CC. The molecule has 16 heavy (non-hydrogen) atoms. The van der Waals surface area contributed by atoms with Crippen LogP contribution in [0.15, 0.2) is 53.2 Å². The standard InChI is InChI=1S/C12H13BrO.C2H6/c1-3-12(10(2)13)14-9-11-7-5-4-6-8-11;1-2/h3-8H,2,9H2,1H3;1-2H3/b12-3+;. The van der Waals surface area contributed by atoms with Crippen molar-refractivity contribution in [3.8, 4) is 0 Å². The van der Waals surface area contributed by atoms with Gasteiger partial charge in [-0.05, 0) is 34.5 Å². The Kier molecular flexibility index (Phi) is 8.64. The van der Waals surface area contributed by atoms with Gasteiger partial charge in [0.15, 0.2) is 0 Å². The summed E-state index contributed by atoms with van der Waals surface area (Å²) >= 11 is 3.29. The van der Waals surface area contributed by atoms with Crippen molar-refractivity contribution in [2.75, 3.05) is 0 Å². The summed E-state index contributed by atoms with van der Waals surface area (Å²) in [5.74, 6) is 0.786. The molecule has 0 aliphatic carbocycles. The van der Waals surface area contributed by atoms with Gasteiger partial charge in [0.25, 0.3) is 0 Å². The van der Waals surface area contributed by atoms with E-state index in [9.17, 15) is 0 Å². The van der Waals surface area contributed by atoms with Crippen LogP contribution in [0.4, 0.5) is 0 Å². The van der Waals surface area contributed by atoms with Crippen LogP contribution in [0.25, 0.3) is 0 Å². The molecule has 0 N–H and O–H groups in total. The zero-order valence-electron chi connectivity index (χ0n) is 10.2. The van der Waals surface area contributed by atoms with Crippen LogP contribution in [-0.4, -0.2) is 0 Å². The normalized spacial score (nSPS) is 10.1. The summed E-state index contributed by atoms with van der Waals surface area (Å²) in [6.45, 7) is 10.3. The Hall–Kier alpha value is -1.02. The molecule has 88 valence electrons. The van der Waals surface area contributed by atoms with Crippen molar-refractivity contribution in [3.05, 3.63) is 58.8 Å². The molecule has 1 rings (SSSR count). The Morgan fingerprint density at radius 2 is 1.88 bits per heavy atom. The van der Waals surface area contributed by atoms with Crippen LogP contribution in [0.2, 0.25) is 0 Å². The minimum absolute atomic E-state index is 0.575. The van der Waals surface area contributed by atoms with Gasteiger partial charge in [0.05, 0.1) is 4.48 Å². The molecule has 0 heterocycles. The summed E-state index contributed by atoms with van der Waals surface area (Å²) in [6.07, 6.45) is 1.89. The molecular weight excluding hydrogens is 264 g/mol. The van der Waals surface area contributed by atoms with Crippen molar-refractivity contribution in [2.45, 2.75) is 27.4 Å². The first kappa shape index (κ1) is 15.0. The highest BCUT2D eigenvalue weighted by Gasteiger charge is 1.99. The van der Waals surface area contributed by atoms with E-state index >= 15 is 0 Å². The van der Waals surface area contributed by atoms with E-state index in [1.807, 2.05) is 57.2 Å². The van der Waals surface area contributed by atoms with E-state index in [0.717, 1.165) is 15.8 Å². The van der Waals surface area contributed by atoms with Crippen molar-refractivity contribution in [1.29, 1.82) is 0 Å². The number of benzene rings is 1. The fraction of sp³-hybridized carbons (Fsp3) is 0.286. The molecule has 0 bridgehead atoms. The van der Waals surface area contributed by atoms with Crippen molar-refractivity contribution >= 4 is 15.9 Å². The summed E-state index contributed by atoms with van der Waals surface area (Å²) in [4.78, 5) is 0. The lowest BCUT2D eigenvalue weighted by Gasteiger charge is -2.08. The van der Waals surface area contributed by atoms with Gasteiger partial charge in [-0.15, -0.1) is 0 Å². The van der Waals surface area contributed by atoms with Gasteiger partial charge in [-0.3, -0.25) is 0 Å². The van der Waals surface area contributed by atoms with Gasteiger partial charge in [0, 0.05) is 0 Å². The largest absolute Gasteiger partial charge is 0.488 e. The number of ether oxygens (including phenoxy) is 1. The zero-order chi connectivity index (χ0) is 12.4. The molecule has 0 atom stereocenters. The lowest BCUT2D eigenvalue weighted by Crippen LogP contribution is -1.92. The number of hydrogen-bond acceptors (Lipinski definition) is 1. The predicted molar refractivity (Wildman–Crippen MR) is 74.4 cm³/mol. The Balaban J connectivity index is 0.00000106. The minimum atomic E-state index is 0.575. The third kappa shape index (κ3) is 5.76. The fourth-order valence-electron chi connectivity index (χ4n) is 1.05. The number of allylic oxidation sites excluding steroid dienone is 2. The van der Waals surface area contributed by atoms with Crippen molar-refractivity contribution < 1.29 is 4.74 Å². The van der Waals surface area contributed by atoms with Gasteiger partial charge in [0.2, 0.25) is 0 Å². The van der Waals surface area contributed by atoms with E-state index < -0.39 is 0 Å². The first-order chi connectivity index (χ1) is 7.74. The highest BCUT2D eigenvalue weighted by Crippen LogP contribution is 2.17. The highest BCUT2D eigenvalue weighted by atomic mass is 79.9. The maximum Gasteiger partial charge on any atom is 0.129 e. The molecular formula is C14H19BrO. The topological polar surface area (TPSA) is 9.23 Å². The first-order valence-electron chi connectivity index (χ1n) is 5.42. The summed E-state index contributed by atoms with van der Waals surface area (Å²) in [7, 11) is 0. The molecule has 0 aromatic heterocycles. The number of halogens is 1. The highest BCUT2D eigenvalue weighted by molar-refractivity contribution is 9.11. The van der Waals surface area contributed by atoms with Crippen LogP contribution in [0, 0.1) is 0 Å². The lowest BCUT2D eigenvalue weighted by molar-refractivity contribution is 0.210. The summed E-state index contributed by atoms with van der Waals surface area (Å²) in [6, 6.07) is 10.0. The fourth-order valence-corrected chi connectivity index (χ4v) is 1.40. The molecule has 0 aliphatic heterocycles. The van der Waals surface area contributed by atoms with E-state index in [4.69, 9.17) is 4.74 Å². The summed E-state index contributed by atoms with van der Waals surface area (Å²) in [5, 5.41) is 0. The van der Waals surface area contributed by atoms with E-state index in [1.54, 1.807) is 0 Å². The maximum atomic E-state index is 5.55. The molecule has 1 aromatic rings. The maximum absolute atomic E-state index is 5.55. The van der Waals surface area contributed by atoms with Crippen molar-refractivity contribution in [1.82, 2.24) is 0 Å². The number of hydrogen-bond donors (Lipinski definition) is 0. The lowest BCUT2D eigenvalue weighted by atomic mass is 10.2. The molecule has 0 spiro atoms. The van der Waals surface area contributed by atoms with Crippen LogP contribution in [0.3, 0.4) is 0 Å². The molecule has 1 nitrogen and oxygen atoms in total. The molecule has 1 aromatic carbocycles. The zero-order valence-corrected chi connectivity index (χ0v) is 11.8. The molecule has 0 unspecified atom stereocenters. The van der Waals surface area contributed by atoms with Gasteiger partial charge >= 0.3 is 0 Å². The third-order valence-electron chi connectivity index (χ3n) is 1.77. The van der Waals surface area contributed by atoms with Gasteiger partial charge in [-0.25, -0.2) is 0 Å². The van der Waals surface area contributed by atoms with Crippen molar-refractivity contribution in [2.24, 2.45) is 0 Å². The second-order valence-electron chi connectivity index (χ2n) is 2.83. The van der Waals surface area contributed by atoms with Gasteiger partial charge in [-0.2, -0.15) is 0 Å². The Morgan fingerprint density at radius 3 is 2.31 bits per heavy atom. The second kappa shape index (κ2) is 9.22. The molecule has 0 saturated carbocycles. The van der Waals surface area contributed by atoms with E-state index in [2.05, 4.69) is 22.5 Å². The molecule has 0 amide bonds. The second-order valence-corrected chi connectivity index (χ2v) is 3.79.